The fraction of sp³-hybridized carbons (Fsp3) is 0.611. The molecule has 0 aromatic heterocycles. The Labute approximate surface area is 127 Å². The van der Waals surface area contributed by atoms with Crippen LogP contribution >= 0.6 is 0 Å². The Morgan fingerprint density at radius 3 is 2.76 bits per heavy atom. The van der Waals surface area contributed by atoms with E-state index in [-0.39, 0.29) is 17.3 Å². The Morgan fingerprint density at radius 1 is 1.38 bits per heavy atom. The topological polar surface area (TPSA) is 35.5 Å². The van der Waals surface area contributed by atoms with Crippen LogP contribution in [-0.2, 0) is 21.4 Å². The van der Waals surface area contributed by atoms with Crippen LogP contribution in [0.25, 0.3) is 0 Å². The Hall–Kier alpha value is -1.51. The molecular formula is C18H26O3. The highest BCUT2D eigenvalue weighted by Crippen LogP contribution is 2.45. The lowest BCUT2D eigenvalue weighted by molar-refractivity contribution is -0.148. The summed E-state index contributed by atoms with van der Waals surface area (Å²) in [6.45, 7) is 4.34. The van der Waals surface area contributed by atoms with Crippen LogP contribution in [0.15, 0.2) is 18.2 Å². The number of aryl methyl sites for hydroxylation is 1. The predicted octanol–water partition coefficient (Wildman–Crippen LogP) is 3.88. The van der Waals surface area contributed by atoms with E-state index in [0.717, 1.165) is 37.9 Å². The quantitative estimate of drug-likeness (QED) is 0.772. The number of carbonyl (C=O) groups excluding carboxylic acids is 1. The molecule has 2 rings (SSSR count). The van der Waals surface area contributed by atoms with Crippen molar-refractivity contribution in [2.24, 2.45) is 5.92 Å². The number of hydrogen-bond donors (Lipinski definition) is 0. The molecule has 3 heteroatoms. The van der Waals surface area contributed by atoms with Gasteiger partial charge in [-0.2, -0.15) is 0 Å². The summed E-state index contributed by atoms with van der Waals surface area (Å²) in [5.41, 5.74) is 2.47. The molecule has 0 saturated heterocycles. The number of ether oxygens (including phenoxy) is 2. The summed E-state index contributed by atoms with van der Waals surface area (Å²) in [4.78, 5) is 12.3. The van der Waals surface area contributed by atoms with Crippen molar-refractivity contribution in [3.8, 4) is 5.75 Å². The van der Waals surface area contributed by atoms with E-state index in [2.05, 4.69) is 26.0 Å². The Balaban J connectivity index is 2.45. The zero-order valence-electron chi connectivity index (χ0n) is 13.6. The largest absolute Gasteiger partial charge is 0.497 e. The minimum Gasteiger partial charge on any atom is -0.497 e. The molecule has 0 saturated carbocycles. The van der Waals surface area contributed by atoms with Gasteiger partial charge in [-0.05, 0) is 48.9 Å². The standard InChI is InChI=1S/C18H26O3/c1-5-7-16(17(19)21-4)18(2)11-6-8-13-12-14(20-3)9-10-15(13)18/h9-10,12,16H,5-8,11H2,1-4H3. The van der Waals surface area contributed by atoms with Gasteiger partial charge < -0.3 is 9.47 Å². The number of esters is 1. The van der Waals surface area contributed by atoms with E-state index in [1.54, 1.807) is 7.11 Å². The summed E-state index contributed by atoms with van der Waals surface area (Å²) in [5.74, 6) is 0.742. The molecule has 3 nitrogen and oxygen atoms in total. The average molecular weight is 290 g/mol. The van der Waals surface area contributed by atoms with Crippen LogP contribution in [0.2, 0.25) is 0 Å². The van der Waals surface area contributed by atoms with Crippen molar-refractivity contribution >= 4 is 5.97 Å². The lowest BCUT2D eigenvalue weighted by Crippen LogP contribution is -2.40. The molecule has 0 amide bonds. The van der Waals surface area contributed by atoms with E-state index < -0.39 is 0 Å². The first-order valence-electron chi connectivity index (χ1n) is 7.82. The molecule has 0 bridgehead atoms. The Morgan fingerprint density at radius 2 is 2.14 bits per heavy atom. The first-order chi connectivity index (χ1) is 10.1. The molecule has 0 fully saturated rings. The molecule has 116 valence electrons. The highest BCUT2D eigenvalue weighted by atomic mass is 16.5. The molecule has 0 N–H and O–H groups in total. The first-order valence-corrected chi connectivity index (χ1v) is 7.82. The predicted molar refractivity (Wildman–Crippen MR) is 83.7 cm³/mol. The van der Waals surface area contributed by atoms with Gasteiger partial charge in [-0.25, -0.2) is 0 Å². The van der Waals surface area contributed by atoms with Crippen molar-refractivity contribution in [3.63, 3.8) is 0 Å². The van der Waals surface area contributed by atoms with Gasteiger partial charge in [0, 0.05) is 5.41 Å². The average Bonchev–Trinajstić information content (AvgIpc) is 2.51. The SMILES string of the molecule is CCCC(C(=O)OC)C1(C)CCCc2cc(OC)ccc21. The van der Waals surface area contributed by atoms with Gasteiger partial charge in [0.1, 0.15) is 5.75 Å². The van der Waals surface area contributed by atoms with Crippen LogP contribution < -0.4 is 4.74 Å². The third-order valence-corrected chi connectivity index (χ3v) is 4.90. The summed E-state index contributed by atoms with van der Waals surface area (Å²) in [7, 11) is 3.18. The molecule has 1 aliphatic rings. The maximum absolute atomic E-state index is 12.3. The summed E-state index contributed by atoms with van der Waals surface area (Å²) in [6.07, 6.45) is 5.05. The molecule has 21 heavy (non-hydrogen) atoms. The monoisotopic (exact) mass is 290 g/mol. The second kappa shape index (κ2) is 6.50. The number of carbonyl (C=O) groups is 1. The number of rotatable bonds is 5. The fourth-order valence-corrected chi connectivity index (χ4v) is 3.73. The van der Waals surface area contributed by atoms with Gasteiger partial charge in [-0.3, -0.25) is 4.79 Å². The minimum absolute atomic E-state index is 0.0695. The molecule has 0 spiro atoms. The third kappa shape index (κ3) is 2.92. The van der Waals surface area contributed by atoms with Crippen LogP contribution in [0.1, 0.15) is 50.7 Å². The van der Waals surface area contributed by atoms with Crippen molar-refractivity contribution in [3.05, 3.63) is 29.3 Å². The fourth-order valence-electron chi connectivity index (χ4n) is 3.73. The van der Waals surface area contributed by atoms with Crippen molar-refractivity contribution in [2.75, 3.05) is 14.2 Å². The second-order valence-electron chi connectivity index (χ2n) is 6.16. The summed E-state index contributed by atoms with van der Waals surface area (Å²) in [6, 6.07) is 6.26. The first kappa shape index (κ1) is 15.9. The lowest BCUT2D eigenvalue weighted by atomic mass is 9.63. The maximum atomic E-state index is 12.3. The lowest BCUT2D eigenvalue weighted by Gasteiger charge is -2.41. The van der Waals surface area contributed by atoms with E-state index in [9.17, 15) is 4.79 Å². The highest BCUT2D eigenvalue weighted by Gasteiger charge is 2.43. The molecule has 2 atom stereocenters. The molecular weight excluding hydrogens is 264 g/mol. The molecule has 1 aromatic rings. The summed E-state index contributed by atoms with van der Waals surface area (Å²) >= 11 is 0. The van der Waals surface area contributed by atoms with Crippen molar-refractivity contribution in [1.29, 1.82) is 0 Å². The molecule has 1 aliphatic carbocycles. The summed E-state index contributed by atoms with van der Waals surface area (Å²) < 4.78 is 10.4. The van der Waals surface area contributed by atoms with Gasteiger partial charge in [0.2, 0.25) is 0 Å². The molecule has 2 unspecified atom stereocenters. The van der Waals surface area contributed by atoms with Crippen LogP contribution in [0, 0.1) is 5.92 Å². The molecule has 0 heterocycles. The molecule has 0 radical (unpaired) electrons. The van der Waals surface area contributed by atoms with Gasteiger partial charge in [-0.15, -0.1) is 0 Å². The van der Waals surface area contributed by atoms with Gasteiger partial charge in [0.15, 0.2) is 0 Å². The third-order valence-electron chi connectivity index (χ3n) is 4.90. The van der Waals surface area contributed by atoms with Crippen molar-refractivity contribution in [2.45, 2.75) is 51.4 Å². The zero-order valence-corrected chi connectivity index (χ0v) is 13.6. The van der Waals surface area contributed by atoms with Gasteiger partial charge in [-0.1, -0.05) is 26.3 Å². The maximum Gasteiger partial charge on any atom is 0.309 e. The minimum atomic E-state index is -0.136. The van der Waals surface area contributed by atoms with Crippen LogP contribution in [0.4, 0.5) is 0 Å². The van der Waals surface area contributed by atoms with E-state index in [4.69, 9.17) is 9.47 Å². The Bertz CT molecular complexity index is 509. The number of fused-ring (bicyclic) bond motifs is 1. The van der Waals surface area contributed by atoms with Gasteiger partial charge in [0.05, 0.1) is 20.1 Å². The number of methoxy groups -OCH3 is 2. The van der Waals surface area contributed by atoms with Crippen molar-refractivity contribution in [1.82, 2.24) is 0 Å². The second-order valence-corrected chi connectivity index (χ2v) is 6.16. The van der Waals surface area contributed by atoms with Crippen molar-refractivity contribution < 1.29 is 14.3 Å². The van der Waals surface area contributed by atoms with E-state index in [0.29, 0.717) is 0 Å². The van der Waals surface area contributed by atoms with E-state index >= 15 is 0 Å². The zero-order chi connectivity index (χ0) is 15.5. The van der Waals surface area contributed by atoms with Gasteiger partial charge in [0.25, 0.3) is 0 Å². The molecule has 1 aromatic carbocycles. The normalized spacial score (nSPS) is 22.3. The van der Waals surface area contributed by atoms with Crippen LogP contribution in [0.3, 0.4) is 0 Å². The number of benzene rings is 1. The van der Waals surface area contributed by atoms with E-state index in [1.165, 1.54) is 18.2 Å². The highest BCUT2D eigenvalue weighted by molar-refractivity contribution is 5.75. The van der Waals surface area contributed by atoms with Crippen LogP contribution in [0.5, 0.6) is 5.75 Å². The Kier molecular flexibility index (Phi) is 4.92. The van der Waals surface area contributed by atoms with Crippen LogP contribution in [-0.4, -0.2) is 20.2 Å². The van der Waals surface area contributed by atoms with Gasteiger partial charge >= 0.3 is 5.97 Å². The van der Waals surface area contributed by atoms with E-state index in [1.807, 2.05) is 6.07 Å². The summed E-state index contributed by atoms with van der Waals surface area (Å²) in [5, 5.41) is 0. The molecule has 0 aliphatic heterocycles. The smallest absolute Gasteiger partial charge is 0.309 e. The number of hydrogen-bond acceptors (Lipinski definition) is 3.